The molecule has 1 saturated carbocycles. The van der Waals surface area contributed by atoms with Crippen molar-refractivity contribution in [2.45, 2.75) is 65.8 Å². The molecule has 180 valence electrons. The van der Waals surface area contributed by atoms with Crippen LogP contribution in [0.15, 0.2) is 18.2 Å². The van der Waals surface area contributed by atoms with Crippen LogP contribution in [0.25, 0.3) is 0 Å². The first-order chi connectivity index (χ1) is 15.3. The molecule has 0 bridgehead atoms. The molecule has 33 heavy (non-hydrogen) atoms. The van der Waals surface area contributed by atoms with Crippen LogP contribution >= 0.6 is 0 Å². The van der Waals surface area contributed by atoms with E-state index in [9.17, 15) is 19.2 Å². The molecule has 1 aliphatic carbocycles. The van der Waals surface area contributed by atoms with Crippen LogP contribution in [-0.4, -0.2) is 59.2 Å². The number of likely N-dealkylation sites (N-methyl/N-ethyl adjacent to an activating group) is 1. The molecule has 1 spiro atoms. The minimum absolute atomic E-state index is 0.156. The molecule has 2 aliphatic rings. The highest BCUT2D eigenvalue weighted by Gasteiger charge is 2.53. The molecule has 0 aromatic heterocycles. The predicted molar refractivity (Wildman–Crippen MR) is 127 cm³/mol. The van der Waals surface area contributed by atoms with Crippen LogP contribution in [0.2, 0.25) is 0 Å². The molecule has 0 unspecified atom stereocenters. The van der Waals surface area contributed by atoms with E-state index in [0.29, 0.717) is 24.4 Å². The van der Waals surface area contributed by atoms with E-state index in [0.717, 1.165) is 28.9 Å². The molecular formula is C25H36N4O4. The van der Waals surface area contributed by atoms with E-state index in [4.69, 9.17) is 0 Å². The average Bonchev–Trinajstić information content (AvgIpc) is 2.95. The SMILES string of the molecule is Cc1cccc(NC(=O)CN(C)C(=O)CN2C(=O)NC3(CCC(C(C)(C)C)CC3)C2=O)c1C. The summed E-state index contributed by atoms with van der Waals surface area (Å²) in [6, 6.07) is 5.09. The lowest BCUT2D eigenvalue weighted by molar-refractivity contribution is -0.140. The molecular weight excluding hydrogens is 420 g/mol. The number of benzene rings is 1. The van der Waals surface area contributed by atoms with Gasteiger partial charge < -0.3 is 15.5 Å². The monoisotopic (exact) mass is 456 g/mol. The average molecular weight is 457 g/mol. The summed E-state index contributed by atoms with van der Waals surface area (Å²) in [5.41, 5.74) is 1.97. The highest BCUT2D eigenvalue weighted by Crippen LogP contribution is 2.43. The van der Waals surface area contributed by atoms with Gasteiger partial charge >= 0.3 is 6.03 Å². The molecule has 8 nitrogen and oxygen atoms in total. The highest BCUT2D eigenvalue weighted by molar-refractivity contribution is 6.09. The van der Waals surface area contributed by atoms with Gasteiger partial charge in [0.25, 0.3) is 5.91 Å². The number of nitrogens with zero attached hydrogens (tertiary/aromatic N) is 2. The van der Waals surface area contributed by atoms with E-state index in [2.05, 4.69) is 31.4 Å². The number of aryl methyl sites for hydroxylation is 1. The fraction of sp³-hybridized carbons (Fsp3) is 0.600. The van der Waals surface area contributed by atoms with Crippen molar-refractivity contribution in [3.63, 3.8) is 0 Å². The summed E-state index contributed by atoms with van der Waals surface area (Å²) in [6.07, 6.45) is 2.88. The summed E-state index contributed by atoms with van der Waals surface area (Å²) in [7, 11) is 1.49. The number of urea groups is 1. The van der Waals surface area contributed by atoms with Crippen molar-refractivity contribution in [1.82, 2.24) is 15.1 Å². The number of nitrogens with one attached hydrogen (secondary N) is 2. The maximum absolute atomic E-state index is 13.1. The summed E-state index contributed by atoms with van der Waals surface area (Å²) in [5.74, 6) is -0.643. The van der Waals surface area contributed by atoms with Gasteiger partial charge in [-0.05, 0) is 68.1 Å². The lowest BCUT2D eigenvalue weighted by atomic mass is 9.67. The first-order valence-electron chi connectivity index (χ1n) is 11.6. The van der Waals surface area contributed by atoms with Gasteiger partial charge in [-0.15, -0.1) is 0 Å². The molecule has 2 N–H and O–H groups in total. The minimum Gasteiger partial charge on any atom is -0.335 e. The van der Waals surface area contributed by atoms with Crippen LogP contribution < -0.4 is 10.6 Å². The van der Waals surface area contributed by atoms with Gasteiger partial charge in [0.2, 0.25) is 11.8 Å². The van der Waals surface area contributed by atoms with Crippen LogP contribution in [-0.2, 0) is 14.4 Å². The summed E-state index contributed by atoms with van der Waals surface area (Å²) in [4.78, 5) is 53.1. The maximum Gasteiger partial charge on any atom is 0.325 e. The van der Waals surface area contributed by atoms with Crippen LogP contribution in [0.1, 0.15) is 57.6 Å². The minimum atomic E-state index is -0.905. The highest BCUT2D eigenvalue weighted by atomic mass is 16.2. The zero-order valence-electron chi connectivity index (χ0n) is 20.6. The van der Waals surface area contributed by atoms with Gasteiger partial charge in [0.15, 0.2) is 0 Å². The van der Waals surface area contributed by atoms with E-state index >= 15 is 0 Å². The number of hydrogen-bond acceptors (Lipinski definition) is 4. The number of rotatable bonds is 5. The molecule has 0 radical (unpaired) electrons. The Morgan fingerprint density at radius 3 is 2.42 bits per heavy atom. The second-order valence-electron chi connectivity index (χ2n) is 10.6. The van der Waals surface area contributed by atoms with Crippen molar-refractivity contribution in [3.05, 3.63) is 29.3 Å². The van der Waals surface area contributed by atoms with Gasteiger partial charge in [0.1, 0.15) is 12.1 Å². The molecule has 1 heterocycles. The van der Waals surface area contributed by atoms with E-state index < -0.39 is 17.5 Å². The first kappa shape index (κ1) is 24.7. The zero-order valence-corrected chi connectivity index (χ0v) is 20.6. The third kappa shape index (κ3) is 5.20. The van der Waals surface area contributed by atoms with Gasteiger partial charge in [-0.3, -0.25) is 19.3 Å². The van der Waals surface area contributed by atoms with E-state index in [1.165, 1.54) is 11.9 Å². The van der Waals surface area contributed by atoms with Gasteiger partial charge in [0, 0.05) is 12.7 Å². The van der Waals surface area contributed by atoms with Crippen LogP contribution in [0, 0.1) is 25.2 Å². The topological polar surface area (TPSA) is 98.8 Å². The van der Waals surface area contributed by atoms with Crippen molar-refractivity contribution in [1.29, 1.82) is 0 Å². The molecule has 8 heteroatoms. The molecule has 5 amide bonds. The second-order valence-corrected chi connectivity index (χ2v) is 10.6. The summed E-state index contributed by atoms with van der Waals surface area (Å²) < 4.78 is 0. The normalized spacial score (nSPS) is 23.0. The van der Waals surface area contributed by atoms with E-state index in [-0.39, 0.29) is 30.3 Å². The Morgan fingerprint density at radius 2 is 1.82 bits per heavy atom. The predicted octanol–water partition coefficient (Wildman–Crippen LogP) is 3.23. The zero-order chi connectivity index (χ0) is 24.6. The first-order valence-corrected chi connectivity index (χ1v) is 11.6. The third-order valence-corrected chi connectivity index (χ3v) is 7.29. The number of hydrogen-bond donors (Lipinski definition) is 2. The maximum atomic E-state index is 13.1. The van der Waals surface area contributed by atoms with Crippen molar-refractivity contribution in [2.75, 3.05) is 25.5 Å². The fourth-order valence-electron chi connectivity index (χ4n) is 4.77. The lowest BCUT2D eigenvalue weighted by Gasteiger charge is -2.40. The second kappa shape index (κ2) is 9.15. The van der Waals surface area contributed by atoms with Crippen molar-refractivity contribution in [2.24, 2.45) is 11.3 Å². The molecule has 1 aliphatic heterocycles. The number of anilines is 1. The van der Waals surface area contributed by atoms with Crippen molar-refractivity contribution < 1.29 is 19.2 Å². The van der Waals surface area contributed by atoms with Gasteiger partial charge in [-0.25, -0.2) is 4.79 Å². The number of imide groups is 1. The van der Waals surface area contributed by atoms with Crippen LogP contribution in [0.3, 0.4) is 0 Å². The van der Waals surface area contributed by atoms with Crippen LogP contribution in [0.5, 0.6) is 0 Å². The molecule has 0 atom stereocenters. The Kier molecular flexibility index (Phi) is 6.86. The van der Waals surface area contributed by atoms with Gasteiger partial charge in [-0.1, -0.05) is 32.9 Å². The summed E-state index contributed by atoms with van der Waals surface area (Å²) >= 11 is 0. The van der Waals surface area contributed by atoms with Gasteiger partial charge in [0.05, 0.1) is 6.54 Å². The molecule has 2 fully saturated rings. The Balaban J connectivity index is 1.57. The Bertz CT molecular complexity index is 958. The summed E-state index contributed by atoms with van der Waals surface area (Å²) in [6.45, 7) is 9.92. The molecule has 1 saturated heterocycles. The number of carbonyl (C=O) groups excluding carboxylic acids is 4. The Morgan fingerprint density at radius 1 is 1.18 bits per heavy atom. The van der Waals surface area contributed by atoms with E-state index in [1.807, 2.05) is 32.0 Å². The van der Waals surface area contributed by atoms with Gasteiger partial charge in [-0.2, -0.15) is 0 Å². The van der Waals surface area contributed by atoms with Crippen molar-refractivity contribution >= 4 is 29.4 Å². The molecule has 3 rings (SSSR count). The lowest BCUT2D eigenvalue weighted by Crippen LogP contribution is -2.51. The van der Waals surface area contributed by atoms with Crippen molar-refractivity contribution in [3.8, 4) is 0 Å². The third-order valence-electron chi connectivity index (χ3n) is 7.29. The number of amides is 5. The Hall–Kier alpha value is -2.90. The standard InChI is InChI=1S/C25H36N4O4/c1-16-8-7-9-19(17(16)2)26-20(30)14-28(6)21(31)15-29-22(32)25(27-23(29)33)12-10-18(11-13-25)24(3,4)5/h7-9,18H,10-15H2,1-6H3,(H,26,30)(H,27,33). The smallest absolute Gasteiger partial charge is 0.325 e. The van der Waals surface area contributed by atoms with E-state index in [1.54, 1.807) is 0 Å². The quantitative estimate of drug-likeness (QED) is 0.665. The molecule has 1 aromatic carbocycles. The summed E-state index contributed by atoms with van der Waals surface area (Å²) in [5, 5.41) is 5.68. The number of carbonyl (C=O) groups is 4. The molecule has 1 aromatic rings. The van der Waals surface area contributed by atoms with Crippen LogP contribution in [0.4, 0.5) is 10.5 Å². The largest absolute Gasteiger partial charge is 0.335 e. The fourth-order valence-corrected chi connectivity index (χ4v) is 4.77. The Labute approximate surface area is 196 Å².